The standard InChI is InChI=1S/C17H23ClN2O2.C2HF3O2/c1-19-9-14(10-22-2)17(11-19)7-8-20(12-17)16(21)13-3-5-15(18)6-4-13;3-2(4,5)1(6)7/h3-6,14H,7-12H2,1-2H3;(H,6,7)/t14-,17-;/m1./s1. The molecule has 10 heteroatoms. The molecular weight excluding hydrogens is 413 g/mol. The van der Waals surface area contributed by atoms with Crippen LogP contribution in [0.1, 0.15) is 16.8 Å². The molecule has 0 bridgehead atoms. The number of nitrogens with zero attached hydrogens (tertiary/aromatic N) is 2. The molecule has 29 heavy (non-hydrogen) atoms. The van der Waals surface area contributed by atoms with Crippen LogP contribution in [0.15, 0.2) is 24.3 Å². The van der Waals surface area contributed by atoms with Gasteiger partial charge in [-0.25, -0.2) is 4.79 Å². The topological polar surface area (TPSA) is 70.1 Å². The number of carboxylic acids is 1. The van der Waals surface area contributed by atoms with E-state index in [1.165, 1.54) is 0 Å². The normalized spacial score (nSPS) is 24.5. The molecule has 0 radical (unpaired) electrons. The first kappa shape index (κ1) is 23.4. The molecule has 1 amide bonds. The van der Waals surface area contributed by atoms with Crippen molar-refractivity contribution in [3.05, 3.63) is 34.9 Å². The molecule has 1 aromatic carbocycles. The number of alkyl halides is 3. The van der Waals surface area contributed by atoms with Crippen molar-refractivity contribution < 1.29 is 32.6 Å². The summed E-state index contributed by atoms with van der Waals surface area (Å²) in [6, 6.07) is 7.17. The Kier molecular flexibility index (Phi) is 7.53. The first-order valence-corrected chi connectivity index (χ1v) is 9.39. The summed E-state index contributed by atoms with van der Waals surface area (Å²) < 4.78 is 37.1. The number of amides is 1. The highest BCUT2D eigenvalue weighted by atomic mass is 35.5. The molecular formula is C19H24ClF3N2O4. The number of hydrogen-bond donors (Lipinski definition) is 1. The van der Waals surface area contributed by atoms with Gasteiger partial charge in [0, 0.05) is 55.2 Å². The van der Waals surface area contributed by atoms with E-state index in [1.807, 2.05) is 17.0 Å². The SMILES string of the molecule is COC[C@H]1CN(C)C[C@@]12CCN(C(=O)c1ccc(Cl)cc1)C2.O=C(O)C(F)(F)F. The molecule has 0 aromatic heterocycles. The number of carbonyl (C=O) groups excluding carboxylic acids is 1. The highest BCUT2D eigenvalue weighted by Crippen LogP contribution is 2.43. The van der Waals surface area contributed by atoms with E-state index in [0.717, 1.165) is 44.8 Å². The third-order valence-electron chi connectivity index (χ3n) is 5.36. The van der Waals surface area contributed by atoms with Crippen molar-refractivity contribution in [2.45, 2.75) is 12.6 Å². The molecule has 3 rings (SSSR count). The molecule has 2 aliphatic heterocycles. The Morgan fingerprint density at radius 1 is 1.28 bits per heavy atom. The summed E-state index contributed by atoms with van der Waals surface area (Å²) in [6.07, 6.45) is -4.02. The maximum atomic E-state index is 12.7. The molecule has 2 aliphatic rings. The van der Waals surface area contributed by atoms with Gasteiger partial charge in [-0.1, -0.05) is 11.6 Å². The molecule has 6 nitrogen and oxygen atoms in total. The molecule has 2 atom stereocenters. The third-order valence-corrected chi connectivity index (χ3v) is 5.61. The van der Waals surface area contributed by atoms with Gasteiger partial charge in [0.2, 0.25) is 0 Å². The first-order valence-electron chi connectivity index (χ1n) is 9.01. The Morgan fingerprint density at radius 3 is 2.38 bits per heavy atom. The van der Waals surface area contributed by atoms with Crippen molar-refractivity contribution in [2.24, 2.45) is 11.3 Å². The highest BCUT2D eigenvalue weighted by molar-refractivity contribution is 6.30. The van der Waals surface area contributed by atoms with Crippen molar-refractivity contribution in [3.8, 4) is 0 Å². The smallest absolute Gasteiger partial charge is 0.475 e. The van der Waals surface area contributed by atoms with E-state index in [2.05, 4.69) is 11.9 Å². The van der Waals surface area contributed by atoms with Gasteiger partial charge in [0.25, 0.3) is 5.91 Å². The minimum Gasteiger partial charge on any atom is -0.475 e. The number of benzene rings is 1. The van der Waals surface area contributed by atoms with Gasteiger partial charge >= 0.3 is 12.1 Å². The van der Waals surface area contributed by atoms with Gasteiger partial charge in [0.15, 0.2) is 0 Å². The lowest BCUT2D eigenvalue weighted by Gasteiger charge is -2.30. The second-order valence-electron chi connectivity index (χ2n) is 7.50. The van der Waals surface area contributed by atoms with Crippen LogP contribution >= 0.6 is 11.6 Å². The van der Waals surface area contributed by atoms with Crippen LogP contribution in [0.3, 0.4) is 0 Å². The maximum Gasteiger partial charge on any atom is 0.490 e. The number of hydrogen-bond acceptors (Lipinski definition) is 4. The lowest BCUT2D eigenvalue weighted by atomic mass is 9.77. The molecule has 1 N–H and O–H groups in total. The zero-order valence-corrected chi connectivity index (χ0v) is 17.0. The predicted octanol–water partition coefficient (Wildman–Crippen LogP) is 3.01. The van der Waals surface area contributed by atoms with E-state index < -0.39 is 12.1 Å². The molecule has 1 aromatic rings. The van der Waals surface area contributed by atoms with E-state index in [1.54, 1.807) is 19.2 Å². The highest BCUT2D eigenvalue weighted by Gasteiger charge is 2.50. The summed E-state index contributed by atoms with van der Waals surface area (Å²) in [5.41, 5.74) is 0.906. The monoisotopic (exact) mass is 436 g/mol. The summed E-state index contributed by atoms with van der Waals surface area (Å²) in [7, 11) is 3.92. The molecule has 0 unspecified atom stereocenters. The minimum atomic E-state index is -5.08. The average Bonchev–Trinajstić information content (AvgIpc) is 3.19. The fourth-order valence-electron chi connectivity index (χ4n) is 4.04. The molecule has 2 saturated heterocycles. The Morgan fingerprint density at radius 2 is 1.86 bits per heavy atom. The van der Waals surface area contributed by atoms with E-state index in [4.69, 9.17) is 26.2 Å². The van der Waals surface area contributed by atoms with Gasteiger partial charge in [-0.3, -0.25) is 4.79 Å². The van der Waals surface area contributed by atoms with Crippen molar-refractivity contribution in [1.82, 2.24) is 9.80 Å². The van der Waals surface area contributed by atoms with E-state index in [-0.39, 0.29) is 11.3 Å². The third kappa shape index (κ3) is 5.83. The number of carboxylic acid groups (broad SMARTS) is 1. The Hall–Kier alpha value is -1.84. The van der Waals surface area contributed by atoms with Crippen LogP contribution in [0.2, 0.25) is 5.02 Å². The minimum absolute atomic E-state index is 0.110. The van der Waals surface area contributed by atoms with Crippen LogP contribution in [-0.4, -0.2) is 79.9 Å². The predicted molar refractivity (Wildman–Crippen MR) is 101 cm³/mol. The Balaban J connectivity index is 0.000000370. The lowest BCUT2D eigenvalue weighted by Crippen LogP contribution is -2.38. The molecule has 162 valence electrons. The zero-order valence-electron chi connectivity index (χ0n) is 16.2. The number of ether oxygens (including phenoxy) is 1. The summed E-state index contributed by atoms with van der Waals surface area (Å²) in [6.45, 7) is 4.53. The maximum absolute atomic E-state index is 12.7. The quantitative estimate of drug-likeness (QED) is 0.788. The van der Waals surface area contributed by atoms with Crippen LogP contribution in [0.25, 0.3) is 0 Å². The number of rotatable bonds is 3. The number of carbonyl (C=O) groups is 2. The van der Waals surface area contributed by atoms with Crippen molar-refractivity contribution in [2.75, 3.05) is 46.9 Å². The summed E-state index contributed by atoms with van der Waals surface area (Å²) >= 11 is 5.90. The fourth-order valence-corrected chi connectivity index (χ4v) is 4.16. The second kappa shape index (κ2) is 9.32. The first-order chi connectivity index (χ1) is 13.5. The molecule has 1 spiro atoms. The summed E-state index contributed by atoms with van der Waals surface area (Å²) in [4.78, 5) is 25.9. The second-order valence-corrected chi connectivity index (χ2v) is 7.93. The van der Waals surface area contributed by atoms with Gasteiger partial charge in [-0.2, -0.15) is 13.2 Å². The van der Waals surface area contributed by atoms with Crippen molar-refractivity contribution >= 4 is 23.5 Å². The number of halogens is 4. The van der Waals surface area contributed by atoms with Gasteiger partial charge < -0.3 is 19.6 Å². The summed E-state index contributed by atoms with van der Waals surface area (Å²) in [5.74, 6) is -2.14. The van der Waals surface area contributed by atoms with Crippen LogP contribution < -0.4 is 0 Å². The van der Waals surface area contributed by atoms with Crippen LogP contribution in [0, 0.1) is 11.3 Å². The molecule has 2 heterocycles. The van der Waals surface area contributed by atoms with E-state index in [9.17, 15) is 18.0 Å². The average molecular weight is 437 g/mol. The largest absolute Gasteiger partial charge is 0.490 e. The number of methoxy groups -OCH3 is 1. The fraction of sp³-hybridized carbons (Fsp3) is 0.579. The summed E-state index contributed by atoms with van der Waals surface area (Å²) in [5, 5.41) is 7.78. The Bertz CT molecular complexity index is 729. The zero-order chi connectivity index (χ0) is 21.8. The Labute approximate surface area is 172 Å². The van der Waals surface area contributed by atoms with Gasteiger partial charge in [0.05, 0.1) is 6.61 Å². The van der Waals surface area contributed by atoms with Crippen LogP contribution in [0.5, 0.6) is 0 Å². The molecule has 0 saturated carbocycles. The van der Waals surface area contributed by atoms with E-state index in [0.29, 0.717) is 10.9 Å². The van der Waals surface area contributed by atoms with E-state index >= 15 is 0 Å². The van der Waals surface area contributed by atoms with Crippen LogP contribution in [-0.2, 0) is 9.53 Å². The molecule has 0 aliphatic carbocycles. The lowest BCUT2D eigenvalue weighted by molar-refractivity contribution is -0.192. The molecule has 2 fully saturated rings. The van der Waals surface area contributed by atoms with Crippen molar-refractivity contribution in [3.63, 3.8) is 0 Å². The van der Waals surface area contributed by atoms with Gasteiger partial charge in [-0.15, -0.1) is 0 Å². The van der Waals surface area contributed by atoms with Gasteiger partial charge in [0.1, 0.15) is 0 Å². The van der Waals surface area contributed by atoms with Crippen LogP contribution in [0.4, 0.5) is 13.2 Å². The van der Waals surface area contributed by atoms with Crippen molar-refractivity contribution in [1.29, 1.82) is 0 Å². The van der Waals surface area contributed by atoms with Gasteiger partial charge in [-0.05, 0) is 37.7 Å². The number of likely N-dealkylation sites (tertiary alicyclic amines) is 2. The number of aliphatic carboxylic acids is 1.